The van der Waals surface area contributed by atoms with E-state index in [1.165, 1.54) is 11.1 Å². The largest absolute Gasteiger partial charge is 0.393 e. The summed E-state index contributed by atoms with van der Waals surface area (Å²) in [7, 11) is 1.70. The molecule has 47 heavy (non-hydrogen) atoms. The van der Waals surface area contributed by atoms with Gasteiger partial charge in [-0.25, -0.2) is 4.98 Å². The molecule has 1 amide bonds. The lowest BCUT2D eigenvalue weighted by molar-refractivity contribution is -0.171. The Kier molecular flexibility index (Phi) is 7.87. The number of carbonyl (C=O) groups excluding carboxylic acids is 1. The highest BCUT2D eigenvalue weighted by atomic mass is 32.1. The lowest BCUT2D eigenvalue weighted by atomic mass is 9.39. The maximum absolute atomic E-state index is 13.1. The lowest BCUT2D eigenvalue weighted by Gasteiger charge is -2.70. The Bertz CT molecular complexity index is 1880. The molecule has 4 heterocycles. The minimum absolute atomic E-state index is 0.0321. The first-order valence-corrected chi connectivity index (χ1v) is 17.1. The number of thiophene rings is 1. The molecule has 4 aromatic rings. The number of nitriles is 1. The minimum Gasteiger partial charge on any atom is -0.367 e. The molecule has 1 saturated heterocycles. The molecule has 0 radical (unpaired) electrons. The summed E-state index contributed by atoms with van der Waals surface area (Å²) in [4.78, 5) is 24.1. The quantitative estimate of drug-likeness (QED) is 0.178. The van der Waals surface area contributed by atoms with E-state index < -0.39 is 12.6 Å². The molecule has 3 saturated carbocycles. The summed E-state index contributed by atoms with van der Waals surface area (Å²) in [5.74, 6) is 1.06. The second-order valence-electron chi connectivity index (χ2n) is 13.8. The molecule has 2 bridgehead atoms. The molecule has 3 aromatic heterocycles. The standard InChI is InChI=1S/C34H39F3N8OS/c1-4-28(46)43-33-16-32(17-33,18-33)19-45-23(14-38)11-25-20(2)21(5-6-27(25)45)15-44-9-7-22(8-10-44)40-29-26-12-24(13-34(35,36)37)47-30(26)42-31(39-3)41-29/h5-6,11-12,22H,4,7-10,13,15-19H2,1-3H3,(H,43,46)(H2,39,40,41,42). The van der Waals surface area contributed by atoms with Gasteiger partial charge in [-0.2, -0.15) is 23.4 Å². The fourth-order valence-corrected chi connectivity index (χ4v) is 9.18. The number of aryl methyl sites for hydroxylation is 1. The number of benzene rings is 1. The predicted octanol–water partition coefficient (Wildman–Crippen LogP) is 6.50. The molecule has 0 atom stereocenters. The highest BCUT2D eigenvalue weighted by Gasteiger charge is 2.68. The summed E-state index contributed by atoms with van der Waals surface area (Å²) in [5, 5.41) is 21.4. The molecule has 3 N–H and O–H groups in total. The van der Waals surface area contributed by atoms with Gasteiger partial charge in [0, 0.05) is 67.0 Å². The van der Waals surface area contributed by atoms with Gasteiger partial charge < -0.3 is 20.5 Å². The molecule has 0 unspecified atom stereocenters. The zero-order valence-electron chi connectivity index (χ0n) is 26.9. The number of hydrogen-bond acceptors (Lipinski definition) is 8. The Morgan fingerprint density at radius 2 is 1.89 bits per heavy atom. The fourth-order valence-electron chi connectivity index (χ4n) is 8.12. The van der Waals surface area contributed by atoms with E-state index in [4.69, 9.17) is 0 Å². The molecule has 0 spiro atoms. The van der Waals surface area contributed by atoms with Gasteiger partial charge in [0.05, 0.1) is 11.8 Å². The van der Waals surface area contributed by atoms with Gasteiger partial charge in [0.2, 0.25) is 11.9 Å². The first kappa shape index (κ1) is 31.7. The van der Waals surface area contributed by atoms with Crippen LogP contribution < -0.4 is 16.0 Å². The highest BCUT2D eigenvalue weighted by Crippen LogP contribution is 2.68. The molecule has 1 aliphatic heterocycles. The van der Waals surface area contributed by atoms with Gasteiger partial charge in [-0.3, -0.25) is 9.69 Å². The van der Waals surface area contributed by atoms with E-state index in [1.807, 2.05) is 13.0 Å². The van der Waals surface area contributed by atoms with Gasteiger partial charge in [-0.15, -0.1) is 11.3 Å². The first-order valence-electron chi connectivity index (χ1n) is 16.3. The second kappa shape index (κ2) is 11.7. The summed E-state index contributed by atoms with van der Waals surface area (Å²) >= 11 is 1.06. The van der Waals surface area contributed by atoms with Gasteiger partial charge in [-0.1, -0.05) is 13.0 Å². The number of carbonyl (C=O) groups is 1. The Morgan fingerprint density at radius 1 is 1.15 bits per heavy atom. The molecule has 4 fully saturated rings. The third-order valence-electron chi connectivity index (χ3n) is 10.3. The number of nitrogens with zero attached hydrogens (tertiary/aromatic N) is 5. The Balaban J connectivity index is 1.00. The Labute approximate surface area is 275 Å². The zero-order valence-corrected chi connectivity index (χ0v) is 27.7. The predicted molar refractivity (Wildman–Crippen MR) is 177 cm³/mol. The average Bonchev–Trinajstić information content (AvgIpc) is 3.57. The maximum atomic E-state index is 13.1. The third-order valence-corrected chi connectivity index (χ3v) is 11.3. The van der Waals surface area contributed by atoms with E-state index in [2.05, 4.69) is 60.5 Å². The Morgan fingerprint density at radius 3 is 2.55 bits per heavy atom. The smallest absolute Gasteiger partial charge is 0.367 e. The van der Waals surface area contributed by atoms with Crippen molar-refractivity contribution in [2.45, 2.75) is 89.6 Å². The van der Waals surface area contributed by atoms with Gasteiger partial charge in [-0.05, 0) is 73.8 Å². The fraction of sp³-hybridized carbons (Fsp3) is 0.529. The lowest BCUT2D eigenvalue weighted by Crippen LogP contribution is -2.75. The van der Waals surface area contributed by atoms with Crippen molar-refractivity contribution in [3.63, 3.8) is 0 Å². The van der Waals surface area contributed by atoms with E-state index in [0.717, 1.165) is 80.5 Å². The monoisotopic (exact) mass is 664 g/mol. The second-order valence-corrected chi connectivity index (χ2v) is 14.9. The number of fused-ring (bicyclic) bond motifs is 2. The molecular weight excluding hydrogens is 625 g/mol. The molecule has 3 aliphatic carbocycles. The first-order chi connectivity index (χ1) is 22.4. The van der Waals surface area contributed by atoms with E-state index in [1.54, 1.807) is 13.1 Å². The number of alkyl halides is 3. The van der Waals surface area contributed by atoms with Crippen LogP contribution in [0.2, 0.25) is 0 Å². The molecule has 13 heteroatoms. The normalized spacial score (nSPS) is 22.9. The molecular formula is C34H39F3N8OS. The average molecular weight is 665 g/mol. The van der Waals surface area contributed by atoms with E-state index >= 15 is 0 Å². The van der Waals surface area contributed by atoms with Gasteiger partial charge >= 0.3 is 6.18 Å². The van der Waals surface area contributed by atoms with Crippen LogP contribution in [0.1, 0.15) is 67.1 Å². The van der Waals surface area contributed by atoms with E-state index in [0.29, 0.717) is 34.1 Å². The summed E-state index contributed by atoms with van der Waals surface area (Å²) in [6.45, 7) is 7.36. The number of amides is 1. The summed E-state index contributed by atoms with van der Waals surface area (Å²) < 4.78 is 41.4. The number of piperidine rings is 1. The van der Waals surface area contributed by atoms with Crippen LogP contribution in [-0.4, -0.2) is 63.2 Å². The van der Waals surface area contributed by atoms with Crippen LogP contribution in [0.15, 0.2) is 24.3 Å². The van der Waals surface area contributed by atoms with Crippen molar-refractivity contribution in [1.29, 1.82) is 5.26 Å². The van der Waals surface area contributed by atoms with Crippen molar-refractivity contribution in [3.8, 4) is 6.07 Å². The number of likely N-dealkylation sites (tertiary alicyclic amines) is 1. The number of aromatic nitrogens is 3. The van der Waals surface area contributed by atoms with Gasteiger partial charge in [0.1, 0.15) is 22.4 Å². The Hall–Kier alpha value is -3.89. The molecule has 1 aromatic carbocycles. The summed E-state index contributed by atoms with van der Waals surface area (Å²) in [5.41, 5.74) is 4.33. The number of anilines is 2. The number of rotatable bonds is 10. The molecule has 9 nitrogen and oxygen atoms in total. The van der Waals surface area contributed by atoms with Crippen molar-refractivity contribution in [2.24, 2.45) is 5.41 Å². The van der Waals surface area contributed by atoms with Crippen molar-refractivity contribution < 1.29 is 18.0 Å². The summed E-state index contributed by atoms with van der Waals surface area (Å²) in [6, 6.07) is 10.5. The third kappa shape index (κ3) is 6.02. The van der Waals surface area contributed by atoms with Crippen LogP contribution in [0.5, 0.6) is 0 Å². The molecule has 248 valence electrons. The van der Waals surface area contributed by atoms with Crippen LogP contribution in [0.25, 0.3) is 21.1 Å². The molecule has 8 rings (SSSR count). The van der Waals surface area contributed by atoms with E-state index in [-0.39, 0.29) is 27.8 Å². The minimum atomic E-state index is -4.28. The number of hydrogen-bond donors (Lipinski definition) is 3. The molecule has 4 aliphatic rings. The number of nitrogens with one attached hydrogen (secondary N) is 3. The van der Waals surface area contributed by atoms with Crippen molar-refractivity contribution in [3.05, 3.63) is 46.0 Å². The van der Waals surface area contributed by atoms with Crippen LogP contribution in [0.4, 0.5) is 24.9 Å². The maximum Gasteiger partial charge on any atom is 0.393 e. The van der Waals surface area contributed by atoms with Crippen molar-refractivity contribution >= 4 is 50.1 Å². The zero-order chi connectivity index (χ0) is 33.1. The van der Waals surface area contributed by atoms with Crippen molar-refractivity contribution in [1.82, 2.24) is 24.8 Å². The van der Waals surface area contributed by atoms with Crippen LogP contribution >= 0.6 is 11.3 Å². The van der Waals surface area contributed by atoms with E-state index in [9.17, 15) is 23.2 Å². The topological polar surface area (TPSA) is 111 Å². The SMILES string of the molecule is CCC(=O)NC12CC(Cn3c(C#N)cc4c(C)c(CN5CCC(Nc6nc(NC)nc7sc(CC(F)(F)F)cc67)CC5)ccc43)(C1)C2. The van der Waals surface area contributed by atoms with Gasteiger partial charge in [0.15, 0.2) is 0 Å². The van der Waals surface area contributed by atoms with Crippen LogP contribution in [-0.2, 0) is 24.3 Å². The number of halogens is 3. The van der Waals surface area contributed by atoms with Crippen molar-refractivity contribution in [2.75, 3.05) is 30.8 Å². The summed E-state index contributed by atoms with van der Waals surface area (Å²) in [6.07, 6.45) is -0.0769. The van der Waals surface area contributed by atoms with Crippen LogP contribution in [0, 0.1) is 23.7 Å². The van der Waals surface area contributed by atoms with Gasteiger partial charge in [0.25, 0.3) is 0 Å². The van der Waals surface area contributed by atoms with Crippen LogP contribution in [0.3, 0.4) is 0 Å². The highest BCUT2D eigenvalue weighted by molar-refractivity contribution is 7.18.